The molecule has 1 heterocycles. The van der Waals surface area contributed by atoms with Crippen molar-refractivity contribution in [3.63, 3.8) is 0 Å². The summed E-state index contributed by atoms with van der Waals surface area (Å²) in [5, 5.41) is 6.92. The Bertz CT molecular complexity index is 446. The van der Waals surface area contributed by atoms with Gasteiger partial charge in [-0.15, -0.1) is 0 Å². The number of guanidine groups is 1. The number of aliphatic imine (C=N–C) groups is 1. The second-order valence-electron chi connectivity index (χ2n) is 3.83. The predicted octanol–water partition coefficient (Wildman–Crippen LogP) is 1.57. The Labute approximate surface area is 106 Å². The van der Waals surface area contributed by atoms with Gasteiger partial charge in [-0.05, 0) is 17.7 Å². The molecule has 0 saturated carbocycles. The van der Waals surface area contributed by atoms with Gasteiger partial charge in [0.2, 0.25) is 0 Å². The highest BCUT2D eigenvalue weighted by Gasteiger charge is 2.17. The first kappa shape index (κ1) is 12.0. The maximum Gasteiger partial charge on any atom is 0.190 e. The van der Waals surface area contributed by atoms with Gasteiger partial charge < -0.3 is 15.4 Å². The summed E-state index contributed by atoms with van der Waals surface area (Å²) in [6.07, 6.45) is 0.934. The zero-order chi connectivity index (χ0) is 12.3. The molecule has 2 rings (SSSR count). The standard InChI is InChI=1S/C12H16ClN3O/c1-14-12(15-2)16-7-9-6-10(13)5-8-3-4-17-11(8)9/h5-6H,3-4,7H2,1-2H3,(H2,14,15,16). The molecule has 0 fully saturated rings. The minimum Gasteiger partial charge on any atom is -0.493 e. The van der Waals surface area contributed by atoms with E-state index in [1.165, 1.54) is 5.56 Å². The molecule has 0 aromatic heterocycles. The molecule has 1 aromatic carbocycles. The highest BCUT2D eigenvalue weighted by molar-refractivity contribution is 6.30. The monoisotopic (exact) mass is 253 g/mol. The summed E-state index contributed by atoms with van der Waals surface area (Å²) in [5.74, 6) is 1.71. The van der Waals surface area contributed by atoms with E-state index in [9.17, 15) is 0 Å². The fourth-order valence-electron chi connectivity index (χ4n) is 1.94. The van der Waals surface area contributed by atoms with Gasteiger partial charge in [0, 0.05) is 37.6 Å². The molecule has 0 atom stereocenters. The minimum absolute atomic E-state index is 0.649. The zero-order valence-corrected chi connectivity index (χ0v) is 10.8. The first-order chi connectivity index (χ1) is 8.24. The van der Waals surface area contributed by atoms with Crippen LogP contribution in [-0.4, -0.2) is 26.7 Å². The number of ether oxygens (including phenoxy) is 1. The third-order valence-corrected chi connectivity index (χ3v) is 2.95. The molecular weight excluding hydrogens is 238 g/mol. The quantitative estimate of drug-likeness (QED) is 0.621. The number of halogens is 1. The molecular formula is C12H16ClN3O. The molecule has 92 valence electrons. The van der Waals surface area contributed by atoms with Crippen molar-refractivity contribution in [2.45, 2.75) is 13.0 Å². The highest BCUT2D eigenvalue weighted by Crippen LogP contribution is 2.32. The Balaban J connectivity index is 2.16. The summed E-state index contributed by atoms with van der Waals surface area (Å²) in [6, 6.07) is 3.90. The van der Waals surface area contributed by atoms with Gasteiger partial charge in [0.1, 0.15) is 5.75 Å². The Morgan fingerprint density at radius 2 is 2.35 bits per heavy atom. The fourth-order valence-corrected chi connectivity index (χ4v) is 2.20. The van der Waals surface area contributed by atoms with Crippen LogP contribution in [-0.2, 0) is 13.0 Å². The van der Waals surface area contributed by atoms with Crippen molar-refractivity contribution in [1.82, 2.24) is 10.6 Å². The van der Waals surface area contributed by atoms with Gasteiger partial charge in [-0.25, -0.2) is 0 Å². The second-order valence-corrected chi connectivity index (χ2v) is 4.26. The molecule has 0 saturated heterocycles. The summed E-state index contributed by atoms with van der Waals surface area (Å²) in [4.78, 5) is 4.06. The summed E-state index contributed by atoms with van der Waals surface area (Å²) >= 11 is 6.08. The van der Waals surface area contributed by atoms with Gasteiger partial charge in [-0.2, -0.15) is 0 Å². The molecule has 0 aliphatic carbocycles. The van der Waals surface area contributed by atoms with Crippen molar-refractivity contribution in [2.75, 3.05) is 20.7 Å². The van der Waals surface area contributed by atoms with Crippen LogP contribution in [0.15, 0.2) is 17.1 Å². The van der Waals surface area contributed by atoms with Crippen LogP contribution in [0, 0.1) is 0 Å². The van der Waals surface area contributed by atoms with Crippen LogP contribution in [0.25, 0.3) is 0 Å². The van der Waals surface area contributed by atoms with Gasteiger partial charge in [-0.1, -0.05) is 11.6 Å². The van der Waals surface area contributed by atoms with Gasteiger partial charge in [-0.3, -0.25) is 4.99 Å². The number of fused-ring (bicyclic) bond motifs is 1. The summed E-state index contributed by atoms with van der Waals surface area (Å²) in [5.41, 5.74) is 2.26. The molecule has 0 bridgehead atoms. The van der Waals surface area contributed by atoms with Gasteiger partial charge in [0.25, 0.3) is 0 Å². The number of nitrogens with one attached hydrogen (secondary N) is 2. The molecule has 1 aliphatic heterocycles. The van der Waals surface area contributed by atoms with Gasteiger partial charge >= 0.3 is 0 Å². The molecule has 17 heavy (non-hydrogen) atoms. The van der Waals surface area contributed by atoms with E-state index in [1.54, 1.807) is 7.05 Å². The van der Waals surface area contributed by atoms with Crippen LogP contribution in [0.4, 0.5) is 0 Å². The molecule has 4 nitrogen and oxygen atoms in total. The summed E-state index contributed by atoms with van der Waals surface area (Å²) in [7, 11) is 3.56. The van der Waals surface area contributed by atoms with Crippen molar-refractivity contribution in [3.8, 4) is 5.75 Å². The number of rotatable bonds is 2. The van der Waals surface area contributed by atoms with E-state index in [-0.39, 0.29) is 0 Å². The van der Waals surface area contributed by atoms with Crippen LogP contribution < -0.4 is 15.4 Å². The van der Waals surface area contributed by atoms with E-state index in [0.717, 1.165) is 35.3 Å². The van der Waals surface area contributed by atoms with E-state index in [2.05, 4.69) is 15.6 Å². The van der Waals surface area contributed by atoms with E-state index < -0.39 is 0 Å². The molecule has 0 unspecified atom stereocenters. The molecule has 2 N–H and O–H groups in total. The van der Waals surface area contributed by atoms with Crippen LogP contribution in [0.2, 0.25) is 5.02 Å². The fraction of sp³-hybridized carbons (Fsp3) is 0.417. The largest absolute Gasteiger partial charge is 0.493 e. The smallest absolute Gasteiger partial charge is 0.190 e. The number of benzene rings is 1. The lowest BCUT2D eigenvalue weighted by molar-refractivity contribution is 0.353. The normalized spacial score (nSPS) is 14.2. The van der Waals surface area contributed by atoms with Crippen LogP contribution in [0.1, 0.15) is 11.1 Å². The third-order valence-electron chi connectivity index (χ3n) is 2.73. The van der Waals surface area contributed by atoms with E-state index in [1.807, 2.05) is 19.2 Å². The minimum atomic E-state index is 0.649. The lowest BCUT2D eigenvalue weighted by atomic mass is 10.1. The summed E-state index contributed by atoms with van der Waals surface area (Å²) in [6.45, 7) is 1.39. The van der Waals surface area contributed by atoms with E-state index in [4.69, 9.17) is 16.3 Å². The van der Waals surface area contributed by atoms with Crippen molar-refractivity contribution in [1.29, 1.82) is 0 Å². The maximum atomic E-state index is 6.08. The molecule has 5 heteroatoms. The lowest BCUT2D eigenvalue weighted by Crippen LogP contribution is -2.34. The molecule has 0 spiro atoms. The van der Waals surface area contributed by atoms with Crippen molar-refractivity contribution >= 4 is 17.6 Å². The van der Waals surface area contributed by atoms with Gasteiger partial charge in [0.05, 0.1) is 6.61 Å². The predicted molar refractivity (Wildman–Crippen MR) is 69.9 cm³/mol. The molecule has 1 aliphatic rings. The average Bonchev–Trinajstić information content (AvgIpc) is 2.78. The SMILES string of the molecule is CN=C(NC)NCc1cc(Cl)cc2c1OCC2. The Morgan fingerprint density at radius 3 is 3.06 bits per heavy atom. The molecule has 0 radical (unpaired) electrons. The Kier molecular flexibility index (Phi) is 3.74. The Hall–Kier alpha value is -1.42. The number of nitrogens with zero attached hydrogens (tertiary/aromatic N) is 1. The van der Waals surface area contributed by atoms with Crippen LogP contribution >= 0.6 is 11.6 Å². The topological polar surface area (TPSA) is 45.7 Å². The second kappa shape index (κ2) is 5.27. The third kappa shape index (κ3) is 2.64. The van der Waals surface area contributed by atoms with Gasteiger partial charge in [0.15, 0.2) is 5.96 Å². The van der Waals surface area contributed by atoms with Crippen LogP contribution in [0.5, 0.6) is 5.75 Å². The van der Waals surface area contributed by atoms with Crippen LogP contribution in [0.3, 0.4) is 0 Å². The zero-order valence-electron chi connectivity index (χ0n) is 10.0. The van der Waals surface area contributed by atoms with Crippen molar-refractivity contribution < 1.29 is 4.74 Å². The maximum absolute atomic E-state index is 6.08. The first-order valence-electron chi connectivity index (χ1n) is 5.57. The van der Waals surface area contributed by atoms with E-state index in [0.29, 0.717) is 6.54 Å². The highest BCUT2D eigenvalue weighted by atomic mass is 35.5. The molecule has 1 aromatic rings. The first-order valence-corrected chi connectivity index (χ1v) is 5.95. The number of hydrogen-bond acceptors (Lipinski definition) is 2. The molecule has 0 amide bonds. The number of hydrogen-bond donors (Lipinski definition) is 2. The Morgan fingerprint density at radius 1 is 1.53 bits per heavy atom. The lowest BCUT2D eigenvalue weighted by Gasteiger charge is -2.12. The summed E-state index contributed by atoms with van der Waals surface area (Å²) < 4.78 is 5.63. The van der Waals surface area contributed by atoms with Crippen molar-refractivity contribution in [3.05, 3.63) is 28.3 Å². The van der Waals surface area contributed by atoms with Crippen molar-refractivity contribution in [2.24, 2.45) is 4.99 Å². The average molecular weight is 254 g/mol. The van der Waals surface area contributed by atoms with E-state index >= 15 is 0 Å².